The molecule has 0 amide bonds. The van der Waals surface area contributed by atoms with E-state index in [0.29, 0.717) is 52.2 Å². The molecular formula is C14H25F3N2O3. The minimum absolute atomic E-state index is 0.310. The predicted molar refractivity (Wildman–Crippen MR) is 74.5 cm³/mol. The number of hydrogen-bond acceptors (Lipinski definition) is 5. The van der Waals surface area contributed by atoms with Crippen molar-refractivity contribution in [2.45, 2.75) is 31.2 Å². The Morgan fingerprint density at radius 3 is 1.95 bits per heavy atom. The Hall–Kier alpha value is -0.410. The van der Waals surface area contributed by atoms with Gasteiger partial charge in [-0.25, -0.2) is 0 Å². The molecule has 130 valence electrons. The van der Waals surface area contributed by atoms with Gasteiger partial charge in [-0.15, -0.1) is 0 Å². The van der Waals surface area contributed by atoms with E-state index in [0.717, 1.165) is 13.1 Å². The Labute approximate surface area is 128 Å². The summed E-state index contributed by atoms with van der Waals surface area (Å²) in [5.41, 5.74) is 0. The third kappa shape index (κ3) is 5.34. The maximum atomic E-state index is 12.5. The minimum atomic E-state index is -4.54. The van der Waals surface area contributed by atoms with Crippen LogP contribution >= 0.6 is 0 Å². The number of halogens is 3. The van der Waals surface area contributed by atoms with Crippen LogP contribution in [0.15, 0.2) is 0 Å². The monoisotopic (exact) mass is 326 g/mol. The zero-order valence-corrected chi connectivity index (χ0v) is 12.6. The van der Waals surface area contributed by atoms with Crippen LogP contribution < -0.4 is 0 Å². The maximum absolute atomic E-state index is 12.5. The van der Waals surface area contributed by atoms with Crippen molar-refractivity contribution in [2.75, 3.05) is 52.5 Å². The summed E-state index contributed by atoms with van der Waals surface area (Å²) in [4.78, 5) is 4.11. The third-order valence-electron chi connectivity index (χ3n) is 4.46. The molecule has 2 rings (SSSR count). The van der Waals surface area contributed by atoms with E-state index in [1.807, 2.05) is 4.90 Å². The second-order valence-electron chi connectivity index (χ2n) is 6.19. The molecule has 2 saturated heterocycles. The number of β-amino-alcohol motifs (C(OH)–C–C–N with tert-alkyl or cyclic N) is 1. The lowest BCUT2D eigenvalue weighted by Gasteiger charge is -2.36. The number of rotatable bonds is 5. The molecule has 0 aromatic rings. The number of aliphatic hydroxyl groups excluding tert-OH is 2. The number of morpholine rings is 1. The Kier molecular flexibility index (Phi) is 6.46. The van der Waals surface area contributed by atoms with Gasteiger partial charge in [-0.05, 0) is 31.8 Å². The Bertz CT molecular complexity index is 330. The number of alkyl halides is 3. The molecule has 2 fully saturated rings. The summed E-state index contributed by atoms with van der Waals surface area (Å²) in [6.45, 7) is 4.95. The van der Waals surface area contributed by atoms with Crippen LogP contribution in [0, 0.1) is 5.92 Å². The molecule has 5 nitrogen and oxygen atoms in total. The number of ether oxygens (including phenoxy) is 1. The van der Waals surface area contributed by atoms with E-state index in [1.165, 1.54) is 0 Å². The molecule has 2 heterocycles. The van der Waals surface area contributed by atoms with Crippen molar-refractivity contribution in [1.29, 1.82) is 0 Å². The van der Waals surface area contributed by atoms with E-state index in [4.69, 9.17) is 4.74 Å². The molecule has 0 spiro atoms. The first-order valence-corrected chi connectivity index (χ1v) is 7.81. The van der Waals surface area contributed by atoms with E-state index in [9.17, 15) is 23.4 Å². The van der Waals surface area contributed by atoms with Gasteiger partial charge < -0.3 is 19.8 Å². The van der Waals surface area contributed by atoms with Gasteiger partial charge in [0.1, 0.15) is 0 Å². The van der Waals surface area contributed by atoms with Crippen molar-refractivity contribution in [3.8, 4) is 0 Å². The maximum Gasteiger partial charge on any atom is 0.414 e. The van der Waals surface area contributed by atoms with E-state index in [2.05, 4.69) is 4.90 Å². The van der Waals surface area contributed by atoms with Gasteiger partial charge in [0.05, 0.1) is 19.3 Å². The highest BCUT2D eigenvalue weighted by molar-refractivity contribution is 4.82. The summed E-state index contributed by atoms with van der Waals surface area (Å²) < 4.78 is 42.7. The van der Waals surface area contributed by atoms with Crippen LogP contribution in [-0.2, 0) is 4.74 Å². The third-order valence-corrected chi connectivity index (χ3v) is 4.46. The number of aliphatic hydroxyl groups is 2. The number of piperidine rings is 1. The molecule has 2 aliphatic rings. The van der Waals surface area contributed by atoms with Crippen molar-refractivity contribution < 1.29 is 28.1 Å². The first kappa shape index (κ1) is 17.9. The first-order valence-electron chi connectivity index (χ1n) is 7.81. The molecule has 0 saturated carbocycles. The van der Waals surface area contributed by atoms with Crippen molar-refractivity contribution in [2.24, 2.45) is 5.92 Å². The fraction of sp³-hybridized carbons (Fsp3) is 1.00. The number of hydrogen-bond donors (Lipinski definition) is 2. The average molecular weight is 326 g/mol. The molecule has 0 aromatic heterocycles. The summed E-state index contributed by atoms with van der Waals surface area (Å²) in [5.74, 6) is -0.729. The van der Waals surface area contributed by atoms with Gasteiger partial charge in [-0.3, -0.25) is 4.90 Å². The zero-order valence-electron chi connectivity index (χ0n) is 12.6. The molecule has 0 bridgehead atoms. The predicted octanol–water partition coefficient (Wildman–Crippen LogP) is 0.315. The molecule has 2 unspecified atom stereocenters. The molecule has 22 heavy (non-hydrogen) atoms. The molecule has 8 heteroatoms. The molecule has 2 aliphatic heterocycles. The Balaban J connectivity index is 1.68. The van der Waals surface area contributed by atoms with Crippen LogP contribution in [-0.4, -0.2) is 90.9 Å². The molecule has 0 aliphatic carbocycles. The average Bonchev–Trinajstić information content (AvgIpc) is 2.47. The van der Waals surface area contributed by atoms with Crippen LogP contribution in [0.25, 0.3) is 0 Å². The largest absolute Gasteiger partial charge is 0.414 e. The van der Waals surface area contributed by atoms with Crippen molar-refractivity contribution in [1.82, 2.24) is 9.80 Å². The van der Waals surface area contributed by atoms with E-state index in [1.54, 1.807) is 0 Å². The van der Waals surface area contributed by atoms with Crippen molar-refractivity contribution >= 4 is 0 Å². The summed E-state index contributed by atoms with van der Waals surface area (Å²) in [6, 6.07) is 0. The lowest BCUT2D eigenvalue weighted by Crippen LogP contribution is -2.48. The first-order chi connectivity index (χ1) is 10.4. The summed E-state index contributed by atoms with van der Waals surface area (Å²) in [5, 5.41) is 19.4. The second-order valence-corrected chi connectivity index (χ2v) is 6.19. The lowest BCUT2D eigenvalue weighted by atomic mass is 9.91. The zero-order chi connectivity index (χ0) is 16.2. The van der Waals surface area contributed by atoms with Crippen LogP contribution in [0.5, 0.6) is 0 Å². The Morgan fingerprint density at radius 2 is 1.45 bits per heavy atom. The van der Waals surface area contributed by atoms with Crippen LogP contribution in [0.2, 0.25) is 0 Å². The topological polar surface area (TPSA) is 56.2 Å². The number of likely N-dealkylation sites (tertiary alicyclic amines) is 1. The van der Waals surface area contributed by atoms with Gasteiger partial charge in [0.2, 0.25) is 0 Å². The normalized spacial score (nSPS) is 26.0. The minimum Gasteiger partial charge on any atom is -0.390 e. The summed E-state index contributed by atoms with van der Waals surface area (Å²) >= 11 is 0. The van der Waals surface area contributed by atoms with Gasteiger partial charge in [0.15, 0.2) is 6.10 Å². The van der Waals surface area contributed by atoms with E-state index in [-0.39, 0.29) is 0 Å². The van der Waals surface area contributed by atoms with E-state index >= 15 is 0 Å². The van der Waals surface area contributed by atoms with Gasteiger partial charge in [-0.1, -0.05) is 0 Å². The van der Waals surface area contributed by atoms with E-state index < -0.39 is 24.3 Å². The van der Waals surface area contributed by atoms with Gasteiger partial charge >= 0.3 is 6.18 Å². The highest BCUT2D eigenvalue weighted by atomic mass is 19.4. The fourth-order valence-electron chi connectivity index (χ4n) is 3.16. The van der Waals surface area contributed by atoms with Gasteiger partial charge in [-0.2, -0.15) is 13.2 Å². The number of nitrogens with zero attached hydrogens (tertiary/aromatic N) is 2. The Morgan fingerprint density at radius 1 is 0.955 bits per heavy atom. The molecule has 0 aromatic carbocycles. The molecule has 0 radical (unpaired) electrons. The summed E-state index contributed by atoms with van der Waals surface area (Å²) in [7, 11) is 0. The van der Waals surface area contributed by atoms with Crippen LogP contribution in [0.1, 0.15) is 12.8 Å². The smallest absolute Gasteiger partial charge is 0.390 e. The van der Waals surface area contributed by atoms with Crippen molar-refractivity contribution in [3.05, 3.63) is 0 Å². The van der Waals surface area contributed by atoms with Crippen LogP contribution in [0.4, 0.5) is 13.2 Å². The SMILES string of the molecule is OC(CN1CCOCC1)CN1CCC(C(O)C(F)(F)F)CC1. The quantitative estimate of drug-likeness (QED) is 0.762. The summed E-state index contributed by atoms with van der Waals surface area (Å²) in [6.07, 6.45) is -6.66. The highest BCUT2D eigenvalue weighted by Crippen LogP contribution is 2.31. The lowest BCUT2D eigenvalue weighted by molar-refractivity contribution is -0.223. The van der Waals surface area contributed by atoms with Gasteiger partial charge in [0.25, 0.3) is 0 Å². The molecule has 2 N–H and O–H groups in total. The van der Waals surface area contributed by atoms with Crippen LogP contribution in [0.3, 0.4) is 0 Å². The fourth-order valence-corrected chi connectivity index (χ4v) is 3.16. The second kappa shape index (κ2) is 7.92. The molecular weight excluding hydrogens is 301 g/mol. The molecule has 2 atom stereocenters. The van der Waals surface area contributed by atoms with Crippen molar-refractivity contribution in [3.63, 3.8) is 0 Å². The standard InChI is InChI=1S/C14H25F3N2O3/c15-14(16,17)13(21)11-1-3-18(4-2-11)9-12(20)10-19-5-7-22-8-6-19/h11-13,20-21H,1-10H2. The highest BCUT2D eigenvalue weighted by Gasteiger charge is 2.44. The van der Waals surface area contributed by atoms with Gasteiger partial charge in [0, 0.05) is 26.2 Å².